The lowest BCUT2D eigenvalue weighted by Gasteiger charge is -2.08. The molecular formula is C12H15N5O2. The second-order valence-corrected chi connectivity index (χ2v) is 4.26. The van der Waals surface area contributed by atoms with Gasteiger partial charge in [-0.05, 0) is 31.2 Å². The number of nitrogens with two attached hydrogens (primary N) is 1. The monoisotopic (exact) mass is 261 g/mol. The Balaban J connectivity index is 2.22. The summed E-state index contributed by atoms with van der Waals surface area (Å²) in [6.07, 6.45) is 1.44. The van der Waals surface area contributed by atoms with Crippen molar-refractivity contribution in [2.24, 2.45) is 12.8 Å². The van der Waals surface area contributed by atoms with E-state index in [2.05, 4.69) is 10.4 Å². The van der Waals surface area contributed by atoms with Gasteiger partial charge in [-0.3, -0.25) is 9.36 Å². The molecule has 1 heterocycles. The standard InChI is InChI=1S/C12H15N5O2/c1-8(13)11(18)15-9-3-5-10(6-4-9)17-12(19)16(2)7-14-17/h3-8H,13H2,1-2H3,(H,15,18)/t8-/m1/s1. The van der Waals surface area contributed by atoms with E-state index in [1.165, 1.54) is 15.6 Å². The molecule has 100 valence electrons. The van der Waals surface area contributed by atoms with Gasteiger partial charge in [-0.25, -0.2) is 4.79 Å². The largest absolute Gasteiger partial charge is 0.350 e. The predicted octanol–water partition coefficient (Wildman–Crippen LogP) is -0.143. The minimum Gasteiger partial charge on any atom is -0.325 e. The van der Waals surface area contributed by atoms with Crippen molar-refractivity contribution < 1.29 is 4.79 Å². The fraction of sp³-hybridized carbons (Fsp3) is 0.250. The highest BCUT2D eigenvalue weighted by molar-refractivity contribution is 5.94. The average molecular weight is 261 g/mol. The van der Waals surface area contributed by atoms with Crippen molar-refractivity contribution in [3.8, 4) is 5.69 Å². The summed E-state index contributed by atoms with van der Waals surface area (Å²) in [5.74, 6) is -0.261. The summed E-state index contributed by atoms with van der Waals surface area (Å²) in [4.78, 5) is 23.1. The van der Waals surface area contributed by atoms with Crippen LogP contribution >= 0.6 is 0 Å². The Hall–Kier alpha value is -2.41. The minimum atomic E-state index is -0.571. The van der Waals surface area contributed by atoms with Crippen LogP contribution in [0, 0.1) is 0 Å². The highest BCUT2D eigenvalue weighted by Gasteiger charge is 2.08. The Morgan fingerprint density at radius 3 is 2.47 bits per heavy atom. The molecule has 0 saturated carbocycles. The van der Waals surface area contributed by atoms with Crippen molar-refractivity contribution in [2.75, 3.05) is 5.32 Å². The zero-order chi connectivity index (χ0) is 14.0. The van der Waals surface area contributed by atoms with E-state index in [4.69, 9.17) is 5.73 Å². The Morgan fingerprint density at radius 2 is 2.00 bits per heavy atom. The first kappa shape index (κ1) is 13.0. The van der Waals surface area contributed by atoms with E-state index in [-0.39, 0.29) is 11.6 Å². The predicted molar refractivity (Wildman–Crippen MR) is 71.1 cm³/mol. The number of aromatic nitrogens is 3. The minimum absolute atomic E-state index is 0.229. The van der Waals surface area contributed by atoms with Crippen LogP contribution in [-0.4, -0.2) is 26.3 Å². The molecule has 3 N–H and O–H groups in total. The molecule has 0 radical (unpaired) electrons. The number of anilines is 1. The lowest BCUT2D eigenvalue weighted by Crippen LogP contribution is -2.32. The summed E-state index contributed by atoms with van der Waals surface area (Å²) >= 11 is 0. The maximum Gasteiger partial charge on any atom is 0.350 e. The Labute approximate surface area is 109 Å². The van der Waals surface area contributed by atoms with Crippen LogP contribution in [0.4, 0.5) is 5.69 Å². The maximum absolute atomic E-state index is 11.7. The molecule has 0 aliphatic carbocycles. The molecule has 2 aromatic rings. The molecule has 7 heteroatoms. The van der Waals surface area contributed by atoms with Crippen LogP contribution < -0.4 is 16.7 Å². The molecule has 19 heavy (non-hydrogen) atoms. The molecule has 0 fully saturated rings. The highest BCUT2D eigenvalue weighted by Crippen LogP contribution is 2.11. The van der Waals surface area contributed by atoms with E-state index in [0.29, 0.717) is 11.4 Å². The van der Waals surface area contributed by atoms with Crippen molar-refractivity contribution in [3.63, 3.8) is 0 Å². The van der Waals surface area contributed by atoms with Crippen LogP contribution in [0.3, 0.4) is 0 Å². The van der Waals surface area contributed by atoms with Gasteiger partial charge in [0.1, 0.15) is 6.33 Å². The number of carbonyl (C=O) groups excluding carboxylic acids is 1. The Bertz CT molecular complexity index is 639. The van der Waals surface area contributed by atoms with Crippen LogP contribution in [0.25, 0.3) is 5.69 Å². The third kappa shape index (κ3) is 2.71. The second kappa shape index (κ2) is 5.07. The first-order chi connectivity index (χ1) is 8.99. The highest BCUT2D eigenvalue weighted by atomic mass is 16.2. The quantitative estimate of drug-likeness (QED) is 0.803. The normalized spacial score (nSPS) is 12.2. The molecule has 2 rings (SSSR count). The number of nitrogens with zero attached hydrogens (tertiary/aromatic N) is 3. The van der Waals surface area contributed by atoms with Crippen LogP contribution in [0.1, 0.15) is 6.92 Å². The van der Waals surface area contributed by atoms with Gasteiger partial charge in [0.15, 0.2) is 0 Å². The summed E-state index contributed by atoms with van der Waals surface area (Å²) in [5, 5.41) is 6.63. The number of rotatable bonds is 3. The van der Waals surface area contributed by atoms with Gasteiger partial charge in [-0.2, -0.15) is 9.78 Å². The lowest BCUT2D eigenvalue weighted by atomic mass is 10.2. The zero-order valence-corrected chi connectivity index (χ0v) is 10.7. The van der Waals surface area contributed by atoms with Crippen molar-refractivity contribution in [3.05, 3.63) is 41.1 Å². The molecule has 1 aromatic heterocycles. The average Bonchev–Trinajstić information content (AvgIpc) is 2.71. The number of amides is 1. The van der Waals surface area contributed by atoms with Crippen LogP contribution in [0.2, 0.25) is 0 Å². The van der Waals surface area contributed by atoms with Crippen LogP contribution in [0.5, 0.6) is 0 Å². The fourth-order valence-electron chi connectivity index (χ4n) is 1.50. The molecule has 1 amide bonds. The zero-order valence-electron chi connectivity index (χ0n) is 10.7. The Morgan fingerprint density at radius 1 is 1.37 bits per heavy atom. The molecule has 0 aliphatic rings. The number of aryl methyl sites for hydroxylation is 1. The van der Waals surface area contributed by atoms with Crippen LogP contribution in [0.15, 0.2) is 35.4 Å². The topological polar surface area (TPSA) is 94.9 Å². The van der Waals surface area contributed by atoms with Crippen molar-refractivity contribution in [2.45, 2.75) is 13.0 Å². The van der Waals surface area contributed by atoms with Gasteiger partial charge in [-0.15, -0.1) is 0 Å². The summed E-state index contributed by atoms with van der Waals surface area (Å²) in [6, 6.07) is 6.21. The van der Waals surface area contributed by atoms with Gasteiger partial charge in [0.05, 0.1) is 11.7 Å². The van der Waals surface area contributed by atoms with Gasteiger partial charge in [0.25, 0.3) is 0 Å². The summed E-state index contributed by atoms with van der Waals surface area (Å²) < 4.78 is 2.66. The number of nitrogens with one attached hydrogen (secondary N) is 1. The van der Waals surface area contributed by atoms with E-state index in [9.17, 15) is 9.59 Å². The van der Waals surface area contributed by atoms with E-state index in [1.54, 1.807) is 38.2 Å². The van der Waals surface area contributed by atoms with Gasteiger partial charge < -0.3 is 11.1 Å². The lowest BCUT2D eigenvalue weighted by molar-refractivity contribution is -0.117. The molecular weight excluding hydrogens is 246 g/mol. The molecule has 1 atom stereocenters. The second-order valence-electron chi connectivity index (χ2n) is 4.26. The summed E-state index contributed by atoms with van der Waals surface area (Å²) in [6.45, 7) is 1.61. The maximum atomic E-state index is 11.7. The third-order valence-electron chi connectivity index (χ3n) is 2.62. The molecule has 0 saturated heterocycles. The molecule has 0 aliphatic heterocycles. The first-order valence-corrected chi connectivity index (χ1v) is 5.76. The van der Waals surface area contributed by atoms with Crippen molar-refractivity contribution >= 4 is 11.6 Å². The van der Waals surface area contributed by atoms with Crippen LogP contribution in [-0.2, 0) is 11.8 Å². The van der Waals surface area contributed by atoms with E-state index < -0.39 is 6.04 Å². The van der Waals surface area contributed by atoms with Gasteiger partial charge in [0.2, 0.25) is 5.91 Å². The molecule has 1 aromatic carbocycles. The number of hydrogen-bond acceptors (Lipinski definition) is 4. The van der Waals surface area contributed by atoms with Gasteiger partial charge in [0, 0.05) is 12.7 Å². The molecule has 7 nitrogen and oxygen atoms in total. The number of hydrogen-bond donors (Lipinski definition) is 2. The molecule has 0 unspecified atom stereocenters. The van der Waals surface area contributed by atoms with Crippen molar-refractivity contribution in [1.82, 2.24) is 14.3 Å². The van der Waals surface area contributed by atoms with Crippen molar-refractivity contribution in [1.29, 1.82) is 0 Å². The van der Waals surface area contributed by atoms with Gasteiger partial charge >= 0.3 is 5.69 Å². The molecule has 0 bridgehead atoms. The van der Waals surface area contributed by atoms with E-state index in [1.807, 2.05) is 0 Å². The molecule has 0 spiro atoms. The fourth-order valence-corrected chi connectivity index (χ4v) is 1.50. The summed E-state index contributed by atoms with van der Waals surface area (Å²) in [5.41, 5.74) is 6.48. The first-order valence-electron chi connectivity index (χ1n) is 5.76. The number of benzene rings is 1. The third-order valence-corrected chi connectivity index (χ3v) is 2.62. The number of carbonyl (C=O) groups is 1. The van der Waals surface area contributed by atoms with E-state index >= 15 is 0 Å². The SMILES string of the molecule is C[C@@H](N)C(=O)Nc1ccc(-n2ncn(C)c2=O)cc1. The van der Waals surface area contributed by atoms with Gasteiger partial charge in [-0.1, -0.05) is 0 Å². The Kier molecular flexibility index (Phi) is 3.48. The summed E-state index contributed by atoms with van der Waals surface area (Å²) in [7, 11) is 1.63. The smallest absolute Gasteiger partial charge is 0.325 e. The van der Waals surface area contributed by atoms with E-state index in [0.717, 1.165) is 0 Å².